The number of nitrogens with one attached hydrogen (secondary N) is 1. The van der Waals surface area contributed by atoms with Crippen molar-refractivity contribution in [3.63, 3.8) is 0 Å². The number of nitrogens with zero attached hydrogens (tertiary/aromatic N) is 2. The Hall–Kier alpha value is -1.91. The summed E-state index contributed by atoms with van der Waals surface area (Å²) in [5.74, 6) is -0.694. The number of aromatic nitrogens is 2. The molecule has 3 nitrogen and oxygen atoms in total. The van der Waals surface area contributed by atoms with Crippen LogP contribution in [-0.2, 0) is 0 Å². The van der Waals surface area contributed by atoms with Gasteiger partial charge >= 0.3 is 0 Å². The zero-order valence-electron chi connectivity index (χ0n) is 12.1. The van der Waals surface area contributed by atoms with Gasteiger partial charge in [0.15, 0.2) is 0 Å². The Kier molecular flexibility index (Phi) is 3.90. The Morgan fingerprint density at radius 3 is 2.48 bits per heavy atom. The van der Waals surface area contributed by atoms with Crippen molar-refractivity contribution in [2.75, 3.05) is 5.32 Å². The second kappa shape index (κ2) is 5.84. The minimum absolute atomic E-state index is 0.139. The SMILES string of the molecule is Cc1cn(C2CCCCC2)c(Nc2c(F)cccc2F)n1. The first kappa shape index (κ1) is 14.0. The Bertz CT molecular complexity index is 610. The number of hydrogen-bond acceptors (Lipinski definition) is 2. The largest absolute Gasteiger partial charge is 0.321 e. The highest BCUT2D eigenvalue weighted by Crippen LogP contribution is 2.32. The molecule has 1 fully saturated rings. The van der Waals surface area contributed by atoms with E-state index in [1.165, 1.54) is 37.5 Å². The van der Waals surface area contributed by atoms with Crippen LogP contribution in [0.5, 0.6) is 0 Å². The molecule has 1 aliphatic carbocycles. The van der Waals surface area contributed by atoms with Gasteiger partial charge in [0.1, 0.15) is 17.3 Å². The Morgan fingerprint density at radius 2 is 1.81 bits per heavy atom. The number of halogens is 2. The number of rotatable bonds is 3. The zero-order valence-corrected chi connectivity index (χ0v) is 12.1. The van der Waals surface area contributed by atoms with E-state index in [1.807, 2.05) is 17.7 Å². The Labute approximate surface area is 123 Å². The van der Waals surface area contributed by atoms with Crippen LogP contribution in [0.4, 0.5) is 20.4 Å². The van der Waals surface area contributed by atoms with Gasteiger partial charge in [0, 0.05) is 12.2 Å². The van der Waals surface area contributed by atoms with Crippen molar-refractivity contribution in [2.24, 2.45) is 0 Å². The summed E-state index contributed by atoms with van der Waals surface area (Å²) in [6, 6.07) is 4.20. The van der Waals surface area contributed by atoms with Crippen molar-refractivity contribution in [3.8, 4) is 0 Å². The topological polar surface area (TPSA) is 29.9 Å². The lowest BCUT2D eigenvalue weighted by atomic mass is 9.95. The highest BCUT2D eigenvalue weighted by molar-refractivity contribution is 5.55. The average molecular weight is 291 g/mol. The zero-order chi connectivity index (χ0) is 14.8. The molecule has 0 bridgehead atoms. The summed E-state index contributed by atoms with van der Waals surface area (Å²) in [4.78, 5) is 4.38. The first-order chi connectivity index (χ1) is 10.1. The van der Waals surface area contributed by atoms with Crippen molar-refractivity contribution >= 4 is 11.6 Å². The fourth-order valence-electron chi connectivity index (χ4n) is 2.98. The van der Waals surface area contributed by atoms with Gasteiger partial charge in [-0.1, -0.05) is 25.3 Å². The third-order valence-electron chi connectivity index (χ3n) is 4.02. The molecule has 0 unspecified atom stereocenters. The van der Waals surface area contributed by atoms with Crippen LogP contribution in [-0.4, -0.2) is 9.55 Å². The maximum atomic E-state index is 13.8. The van der Waals surface area contributed by atoms with E-state index >= 15 is 0 Å². The van der Waals surface area contributed by atoms with Crippen LogP contribution in [0, 0.1) is 18.6 Å². The maximum absolute atomic E-state index is 13.8. The van der Waals surface area contributed by atoms with E-state index < -0.39 is 11.6 Å². The molecule has 0 radical (unpaired) electrons. The lowest BCUT2D eigenvalue weighted by Crippen LogP contribution is -2.14. The van der Waals surface area contributed by atoms with E-state index in [4.69, 9.17) is 0 Å². The van der Waals surface area contributed by atoms with Crippen LogP contribution < -0.4 is 5.32 Å². The van der Waals surface area contributed by atoms with E-state index in [9.17, 15) is 8.78 Å². The van der Waals surface area contributed by atoms with Crippen molar-refractivity contribution in [1.29, 1.82) is 0 Å². The predicted octanol–water partition coefficient (Wildman–Crippen LogP) is 4.72. The van der Waals surface area contributed by atoms with Gasteiger partial charge in [0.05, 0.1) is 5.69 Å². The molecule has 1 N–H and O–H groups in total. The van der Waals surface area contributed by atoms with Crippen LogP contribution in [0.3, 0.4) is 0 Å². The molecule has 1 aliphatic rings. The van der Waals surface area contributed by atoms with Crippen LogP contribution in [0.25, 0.3) is 0 Å². The number of benzene rings is 1. The minimum Gasteiger partial charge on any atom is -0.321 e. The molecule has 1 aromatic carbocycles. The van der Waals surface area contributed by atoms with Crippen LogP contribution in [0.15, 0.2) is 24.4 Å². The van der Waals surface area contributed by atoms with E-state index in [2.05, 4.69) is 10.3 Å². The number of hydrogen-bond donors (Lipinski definition) is 1. The number of anilines is 2. The molecule has 0 aliphatic heterocycles. The second-order valence-corrected chi connectivity index (χ2v) is 5.63. The van der Waals surface area contributed by atoms with Gasteiger partial charge in [0.2, 0.25) is 5.95 Å². The summed E-state index contributed by atoms with van der Waals surface area (Å²) in [6.07, 6.45) is 7.77. The normalized spacial score (nSPS) is 16.1. The first-order valence-corrected chi connectivity index (χ1v) is 7.41. The summed E-state index contributed by atoms with van der Waals surface area (Å²) in [5, 5.41) is 2.83. The molecule has 0 saturated heterocycles. The van der Waals surface area contributed by atoms with Crippen molar-refractivity contribution < 1.29 is 8.78 Å². The van der Waals surface area contributed by atoms with Gasteiger partial charge in [-0.3, -0.25) is 0 Å². The van der Waals surface area contributed by atoms with E-state index in [1.54, 1.807) is 0 Å². The van der Waals surface area contributed by atoms with Gasteiger partial charge < -0.3 is 9.88 Å². The van der Waals surface area contributed by atoms with Crippen LogP contribution in [0.2, 0.25) is 0 Å². The number of para-hydroxylation sites is 1. The molecule has 3 rings (SSSR count). The molecular weight excluding hydrogens is 272 g/mol. The molecule has 1 heterocycles. The highest BCUT2D eigenvalue weighted by Gasteiger charge is 2.20. The number of aryl methyl sites for hydroxylation is 1. The van der Waals surface area contributed by atoms with E-state index in [0.717, 1.165) is 18.5 Å². The van der Waals surface area contributed by atoms with Crippen LogP contribution >= 0.6 is 0 Å². The van der Waals surface area contributed by atoms with E-state index in [0.29, 0.717) is 12.0 Å². The lowest BCUT2D eigenvalue weighted by Gasteiger charge is -2.24. The summed E-state index contributed by atoms with van der Waals surface area (Å²) in [6.45, 7) is 1.89. The Balaban J connectivity index is 1.92. The monoisotopic (exact) mass is 291 g/mol. The fraction of sp³-hybridized carbons (Fsp3) is 0.438. The van der Waals surface area contributed by atoms with E-state index in [-0.39, 0.29) is 5.69 Å². The van der Waals surface area contributed by atoms with Crippen molar-refractivity contribution in [3.05, 3.63) is 41.7 Å². The molecule has 2 aromatic rings. The summed E-state index contributed by atoms with van der Waals surface area (Å²) in [7, 11) is 0. The van der Waals surface area contributed by atoms with Gasteiger partial charge in [-0.25, -0.2) is 13.8 Å². The van der Waals surface area contributed by atoms with Crippen molar-refractivity contribution in [2.45, 2.75) is 45.1 Å². The molecular formula is C16H19F2N3. The maximum Gasteiger partial charge on any atom is 0.207 e. The third-order valence-corrected chi connectivity index (χ3v) is 4.02. The van der Waals surface area contributed by atoms with Gasteiger partial charge in [0.25, 0.3) is 0 Å². The summed E-state index contributed by atoms with van der Waals surface area (Å²) >= 11 is 0. The predicted molar refractivity (Wildman–Crippen MR) is 78.7 cm³/mol. The number of imidazole rings is 1. The molecule has 112 valence electrons. The standard InChI is InChI=1S/C16H19F2N3/c1-11-10-21(12-6-3-2-4-7-12)16(19-11)20-15-13(17)8-5-9-14(15)18/h5,8-10,12H,2-4,6-7H2,1H3,(H,19,20). The Morgan fingerprint density at radius 1 is 1.14 bits per heavy atom. The smallest absolute Gasteiger partial charge is 0.207 e. The highest BCUT2D eigenvalue weighted by atomic mass is 19.1. The quantitative estimate of drug-likeness (QED) is 0.887. The molecule has 1 saturated carbocycles. The second-order valence-electron chi connectivity index (χ2n) is 5.63. The molecule has 1 aromatic heterocycles. The first-order valence-electron chi connectivity index (χ1n) is 7.41. The lowest BCUT2D eigenvalue weighted by molar-refractivity contribution is 0.356. The van der Waals surface area contributed by atoms with Gasteiger partial charge in [-0.05, 0) is 31.9 Å². The summed E-state index contributed by atoms with van der Waals surface area (Å²) in [5.41, 5.74) is 0.708. The fourth-order valence-corrected chi connectivity index (χ4v) is 2.98. The molecule has 0 amide bonds. The van der Waals surface area contributed by atoms with Crippen molar-refractivity contribution in [1.82, 2.24) is 9.55 Å². The van der Waals surface area contributed by atoms with Crippen LogP contribution in [0.1, 0.15) is 43.8 Å². The average Bonchev–Trinajstić information content (AvgIpc) is 2.85. The molecule has 0 atom stereocenters. The van der Waals surface area contributed by atoms with Gasteiger partial charge in [-0.2, -0.15) is 0 Å². The third kappa shape index (κ3) is 2.91. The minimum atomic E-state index is -0.606. The van der Waals surface area contributed by atoms with Gasteiger partial charge in [-0.15, -0.1) is 0 Å². The molecule has 5 heteroatoms. The molecule has 0 spiro atoms. The molecule has 21 heavy (non-hydrogen) atoms. The summed E-state index contributed by atoms with van der Waals surface area (Å²) < 4.78 is 29.6.